The van der Waals surface area contributed by atoms with Crippen molar-refractivity contribution in [3.05, 3.63) is 120 Å². The van der Waals surface area contributed by atoms with Crippen LogP contribution in [0.4, 0.5) is 0 Å². The Morgan fingerprint density at radius 3 is 1.00 bits per heavy atom. The molecule has 0 amide bonds. The van der Waals surface area contributed by atoms with E-state index in [-0.39, 0.29) is 0 Å². The van der Waals surface area contributed by atoms with E-state index in [1.54, 1.807) is 42.7 Å². The second-order valence-electron chi connectivity index (χ2n) is 12.0. The Labute approximate surface area is 291 Å². The lowest BCUT2D eigenvalue weighted by atomic mass is 10.2. The highest BCUT2D eigenvalue weighted by Crippen LogP contribution is 2.25. The van der Waals surface area contributed by atoms with E-state index in [0.29, 0.717) is 0 Å². The van der Waals surface area contributed by atoms with Crippen molar-refractivity contribution in [1.29, 1.82) is 0 Å². The maximum atomic E-state index is 6.62. The number of hydrogen-bond donors (Lipinski definition) is 0. The fourth-order valence-electron chi connectivity index (χ4n) is 5.28. The standard InChI is InChI=1S/C20H30O5Si2.C16H22O3Si2/c1-21-19-11-7-17(8-12-19)15-26(5,23-3)25-27(6,24-4)16-18-9-13-20(22-2)14-10-18;1-17-20(3,15-11-7-5-8-12-15)19-21(4,18-2)16-13-9-6-10-14-16/h7-14H,15-16H2,1-6H3;5-14H,1-4H3. The van der Waals surface area contributed by atoms with Gasteiger partial charge in [-0.15, -0.1) is 0 Å². The summed E-state index contributed by atoms with van der Waals surface area (Å²) < 4.78 is 47.0. The summed E-state index contributed by atoms with van der Waals surface area (Å²) in [6, 6.07) is 37.9. The van der Waals surface area contributed by atoms with Crippen molar-refractivity contribution in [1.82, 2.24) is 0 Å². The van der Waals surface area contributed by atoms with E-state index in [1.807, 2.05) is 60.7 Å². The van der Waals surface area contributed by atoms with Gasteiger partial charge in [0.1, 0.15) is 11.5 Å². The number of ether oxygens (including phenoxy) is 2. The first-order valence-corrected chi connectivity index (χ1v) is 25.5. The first kappa shape index (κ1) is 39.5. The molecule has 48 heavy (non-hydrogen) atoms. The summed E-state index contributed by atoms with van der Waals surface area (Å²) in [5.41, 5.74) is 2.34. The largest absolute Gasteiger partial charge is 0.497 e. The lowest BCUT2D eigenvalue weighted by Crippen LogP contribution is -2.63. The molecule has 0 saturated heterocycles. The topological polar surface area (TPSA) is 73.8 Å². The number of rotatable bonds is 16. The zero-order chi connectivity index (χ0) is 35.3. The molecule has 0 heterocycles. The molecule has 0 aliphatic carbocycles. The molecule has 8 nitrogen and oxygen atoms in total. The normalized spacial score (nSPS) is 16.2. The van der Waals surface area contributed by atoms with Gasteiger partial charge in [-0.25, -0.2) is 0 Å². The van der Waals surface area contributed by atoms with E-state index in [1.165, 1.54) is 11.1 Å². The fourth-order valence-corrected chi connectivity index (χ4v) is 19.1. The Morgan fingerprint density at radius 2 is 0.729 bits per heavy atom. The first-order valence-electron chi connectivity index (χ1n) is 15.9. The van der Waals surface area contributed by atoms with Crippen LogP contribution >= 0.6 is 0 Å². The second-order valence-corrected chi connectivity index (χ2v) is 25.4. The summed E-state index contributed by atoms with van der Waals surface area (Å²) in [5, 5.41) is 2.22. The van der Waals surface area contributed by atoms with Gasteiger partial charge in [-0.3, -0.25) is 0 Å². The van der Waals surface area contributed by atoms with Crippen LogP contribution in [0, 0.1) is 0 Å². The van der Waals surface area contributed by atoms with Crippen LogP contribution in [-0.4, -0.2) is 76.9 Å². The summed E-state index contributed by atoms with van der Waals surface area (Å²) in [6.45, 7) is 8.32. The van der Waals surface area contributed by atoms with E-state index >= 15 is 0 Å². The van der Waals surface area contributed by atoms with Gasteiger partial charge in [-0.05, 0) is 72.0 Å². The van der Waals surface area contributed by atoms with Crippen molar-refractivity contribution >= 4 is 44.6 Å². The number of hydrogen-bond acceptors (Lipinski definition) is 8. The van der Waals surface area contributed by atoms with Gasteiger partial charge in [0, 0.05) is 40.5 Å². The Morgan fingerprint density at radius 1 is 0.396 bits per heavy atom. The first-order chi connectivity index (χ1) is 22.9. The average Bonchev–Trinajstić information content (AvgIpc) is 3.13. The monoisotopic (exact) mass is 724 g/mol. The molecule has 0 aromatic heterocycles. The zero-order valence-corrected chi connectivity index (χ0v) is 34.1. The van der Waals surface area contributed by atoms with Gasteiger partial charge in [-0.2, -0.15) is 0 Å². The molecule has 0 radical (unpaired) electrons. The molecule has 0 bridgehead atoms. The predicted octanol–water partition coefficient (Wildman–Crippen LogP) is 6.28. The molecule has 4 aromatic carbocycles. The highest BCUT2D eigenvalue weighted by atomic mass is 28.5. The predicted molar refractivity (Wildman–Crippen MR) is 202 cm³/mol. The summed E-state index contributed by atoms with van der Waals surface area (Å²) in [6.07, 6.45) is 0. The van der Waals surface area contributed by atoms with Gasteiger partial charge in [0.05, 0.1) is 14.2 Å². The maximum Gasteiger partial charge on any atom is 0.360 e. The second kappa shape index (κ2) is 18.2. The number of benzene rings is 4. The van der Waals surface area contributed by atoms with Gasteiger partial charge >= 0.3 is 34.2 Å². The molecule has 0 aliphatic heterocycles. The molecular weight excluding hydrogens is 673 g/mol. The van der Waals surface area contributed by atoms with Crippen LogP contribution < -0.4 is 19.8 Å². The molecule has 0 fully saturated rings. The van der Waals surface area contributed by atoms with Gasteiger partial charge in [0.25, 0.3) is 0 Å². The van der Waals surface area contributed by atoms with Gasteiger partial charge in [-0.1, -0.05) is 84.9 Å². The van der Waals surface area contributed by atoms with Crippen molar-refractivity contribution < 1.29 is 35.4 Å². The highest BCUT2D eigenvalue weighted by molar-refractivity contribution is 6.92. The van der Waals surface area contributed by atoms with Crippen LogP contribution in [0.5, 0.6) is 11.5 Å². The Hall–Kier alpha value is -2.89. The molecule has 0 spiro atoms. The molecule has 0 N–H and O–H groups in total. The van der Waals surface area contributed by atoms with Gasteiger partial charge in [0.15, 0.2) is 0 Å². The third-order valence-electron chi connectivity index (χ3n) is 8.43. The van der Waals surface area contributed by atoms with Crippen molar-refractivity contribution in [2.24, 2.45) is 0 Å². The Balaban J connectivity index is 0.000000269. The molecule has 0 saturated carbocycles. The minimum Gasteiger partial charge on any atom is -0.497 e. The lowest BCUT2D eigenvalue weighted by Gasteiger charge is -2.35. The van der Waals surface area contributed by atoms with E-state index in [4.69, 9.17) is 35.4 Å². The molecule has 260 valence electrons. The quantitative estimate of drug-likeness (QED) is 0.125. The van der Waals surface area contributed by atoms with Crippen LogP contribution in [0.1, 0.15) is 11.1 Å². The van der Waals surface area contributed by atoms with E-state index in [9.17, 15) is 0 Å². The van der Waals surface area contributed by atoms with Gasteiger partial charge < -0.3 is 35.4 Å². The van der Waals surface area contributed by atoms with Gasteiger partial charge in [0.2, 0.25) is 0 Å². The van der Waals surface area contributed by atoms with Crippen LogP contribution in [0.3, 0.4) is 0 Å². The zero-order valence-electron chi connectivity index (χ0n) is 30.1. The SMILES string of the molecule is CO[Si](C)(O[Si](C)(OC)c1ccccc1)c1ccccc1.COc1ccc(C[Si](C)(OC)O[Si](C)(Cc2ccc(OC)cc2)OC)cc1. The lowest BCUT2D eigenvalue weighted by molar-refractivity contribution is 0.239. The third kappa shape index (κ3) is 11.1. The summed E-state index contributed by atoms with van der Waals surface area (Å²) in [5.74, 6) is 1.69. The molecule has 0 aliphatic rings. The van der Waals surface area contributed by atoms with E-state index in [0.717, 1.165) is 34.0 Å². The molecule has 4 atom stereocenters. The summed E-state index contributed by atoms with van der Waals surface area (Å²) in [7, 11) is 0.328. The Kier molecular flexibility index (Phi) is 15.0. The van der Waals surface area contributed by atoms with Crippen molar-refractivity contribution in [2.75, 3.05) is 42.7 Å². The van der Waals surface area contributed by atoms with Crippen LogP contribution in [0.15, 0.2) is 109 Å². The van der Waals surface area contributed by atoms with Crippen LogP contribution in [0.2, 0.25) is 26.2 Å². The minimum absolute atomic E-state index is 0.752. The molecule has 4 aromatic rings. The fraction of sp³-hybridized carbons (Fsp3) is 0.333. The average molecular weight is 725 g/mol. The van der Waals surface area contributed by atoms with E-state index in [2.05, 4.69) is 74.7 Å². The molecular formula is C36H52O8Si4. The summed E-state index contributed by atoms with van der Waals surface area (Å²) >= 11 is 0. The van der Waals surface area contributed by atoms with Crippen molar-refractivity contribution in [3.63, 3.8) is 0 Å². The molecule has 12 heteroatoms. The minimum atomic E-state index is -2.50. The Bertz CT molecular complexity index is 1390. The highest BCUT2D eigenvalue weighted by Gasteiger charge is 2.45. The van der Waals surface area contributed by atoms with Crippen molar-refractivity contribution in [3.8, 4) is 11.5 Å². The van der Waals surface area contributed by atoms with Crippen LogP contribution in [-0.2, 0) is 38.0 Å². The third-order valence-corrected chi connectivity index (χ3v) is 23.1. The van der Waals surface area contributed by atoms with Crippen molar-refractivity contribution in [2.45, 2.75) is 38.3 Å². The number of methoxy groups -OCH3 is 2. The van der Waals surface area contributed by atoms with E-state index < -0.39 is 34.2 Å². The smallest absolute Gasteiger partial charge is 0.360 e. The summed E-state index contributed by atoms with van der Waals surface area (Å²) in [4.78, 5) is 0. The molecule has 4 rings (SSSR count). The maximum absolute atomic E-state index is 6.62. The van der Waals surface area contributed by atoms with Crippen LogP contribution in [0.25, 0.3) is 0 Å². The molecule has 4 unspecified atom stereocenters.